The van der Waals surface area contributed by atoms with Gasteiger partial charge < -0.3 is 10.5 Å². The molecule has 0 heterocycles. The van der Waals surface area contributed by atoms with Crippen LogP contribution < -0.4 is 10.5 Å². The first kappa shape index (κ1) is 14.3. The van der Waals surface area contributed by atoms with Crippen LogP contribution >= 0.6 is 11.6 Å². The maximum absolute atomic E-state index is 6.21. The summed E-state index contributed by atoms with van der Waals surface area (Å²) in [7, 11) is 0. The van der Waals surface area contributed by atoms with Crippen LogP contribution in [0, 0.1) is 0 Å². The maximum atomic E-state index is 6.21. The smallest absolute Gasteiger partial charge is 0.141 e. The minimum absolute atomic E-state index is 0.109. The van der Waals surface area contributed by atoms with E-state index in [0.717, 1.165) is 30.6 Å². The third kappa shape index (κ3) is 4.21. The molecule has 0 aromatic heterocycles. The summed E-state index contributed by atoms with van der Waals surface area (Å²) in [6.45, 7) is 6.23. The highest BCUT2D eigenvalue weighted by atomic mass is 35.5. The zero-order valence-electron chi connectivity index (χ0n) is 10.9. The van der Waals surface area contributed by atoms with Gasteiger partial charge in [-0.15, -0.1) is 0 Å². The molecule has 1 unspecified atom stereocenters. The average Bonchev–Trinajstić information content (AvgIpc) is 2.28. The van der Waals surface area contributed by atoms with Gasteiger partial charge in [-0.05, 0) is 37.8 Å². The number of hydrogen-bond acceptors (Lipinski definition) is 2. The van der Waals surface area contributed by atoms with Crippen molar-refractivity contribution in [2.45, 2.75) is 52.2 Å². The molecular weight excluding hydrogens is 234 g/mol. The molecule has 1 aromatic rings. The van der Waals surface area contributed by atoms with Gasteiger partial charge in [0, 0.05) is 6.04 Å². The van der Waals surface area contributed by atoms with E-state index >= 15 is 0 Å². The lowest BCUT2D eigenvalue weighted by Gasteiger charge is -2.20. The van der Waals surface area contributed by atoms with Crippen LogP contribution in [0.15, 0.2) is 18.2 Å². The second kappa shape index (κ2) is 6.87. The van der Waals surface area contributed by atoms with Crippen molar-refractivity contribution in [2.24, 2.45) is 5.73 Å². The lowest BCUT2D eigenvalue weighted by Crippen LogP contribution is -2.20. The van der Waals surface area contributed by atoms with Crippen molar-refractivity contribution in [1.29, 1.82) is 0 Å². The summed E-state index contributed by atoms with van der Waals surface area (Å²) < 4.78 is 5.99. The van der Waals surface area contributed by atoms with Gasteiger partial charge in [-0.2, -0.15) is 0 Å². The van der Waals surface area contributed by atoms with Gasteiger partial charge in [0.2, 0.25) is 0 Å². The normalized spacial score (nSPS) is 12.8. The van der Waals surface area contributed by atoms with Crippen LogP contribution in [0.1, 0.15) is 39.2 Å². The van der Waals surface area contributed by atoms with Crippen LogP contribution in [-0.2, 0) is 6.42 Å². The first-order chi connectivity index (χ1) is 8.08. The molecule has 1 aromatic carbocycles. The van der Waals surface area contributed by atoms with Crippen molar-refractivity contribution < 1.29 is 4.74 Å². The summed E-state index contributed by atoms with van der Waals surface area (Å²) in [5.41, 5.74) is 6.94. The molecule has 3 heteroatoms. The number of nitrogens with two attached hydrogens (primary N) is 1. The van der Waals surface area contributed by atoms with Gasteiger partial charge in [0.25, 0.3) is 0 Å². The van der Waals surface area contributed by atoms with Crippen molar-refractivity contribution in [3.8, 4) is 5.75 Å². The molecular formula is C14H22ClNO. The number of benzene rings is 1. The molecule has 0 saturated heterocycles. The molecule has 1 atom stereocenters. The van der Waals surface area contributed by atoms with Crippen LogP contribution in [-0.4, -0.2) is 12.1 Å². The van der Waals surface area contributed by atoms with Gasteiger partial charge in [-0.3, -0.25) is 0 Å². The molecule has 0 fully saturated rings. The van der Waals surface area contributed by atoms with Gasteiger partial charge >= 0.3 is 0 Å². The van der Waals surface area contributed by atoms with Crippen molar-refractivity contribution in [2.75, 3.05) is 0 Å². The Morgan fingerprint density at radius 3 is 2.47 bits per heavy atom. The van der Waals surface area contributed by atoms with Crippen molar-refractivity contribution in [1.82, 2.24) is 0 Å². The molecule has 0 amide bonds. The number of halogens is 1. The highest BCUT2D eigenvalue weighted by Crippen LogP contribution is 2.31. The first-order valence-corrected chi connectivity index (χ1v) is 6.65. The Labute approximate surface area is 109 Å². The summed E-state index contributed by atoms with van der Waals surface area (Å²) >= 11 is 6.21. The summed E-state index contributed by atoms with van der Waals surface area (Å²) in [5.74, 6) is 0.806. The van der Waals surface area contributed by atoms with Gasteiger partial charge in [-0.25, -0.2) is 0 Å². The van der Waals surface area contributed by atoms with Crippen molar-refractivity contribution in [3.63, 3.8) is 0 Å². The Hall–Kier alpha value is -0.730. The molecule has 0 bridgehead atoms. The molecule has 0 spiro atoms. The van der Waals surface area contributed by atoms with Crippen LogP contribution in [0.5, 0.6) is 5.75 Å². The van der Waals surface area contributed by atoms with Gasteiger partial charge in [-0.1, -0.05) is 37.6 Å². The van der Waals surface area contributed by atoms with Gasteiger partial charge in [0.15, 0.2) is 0 Å². The van der Waals surface area contributed by atoms with E-state index < -0.39 is 0 Å². The zero-order valence-corrected chi connectivity index (χ0v) is 11.6. The van der Waals surface area contributed by atoms with E-state index in [1.165, 1.54) is 0 Å². The largest absolute Gasteiger partial charge is 0.489 e. The first-order valence-electron chi connectivity index (χ1n) is 6.28. The summed E-state index contributed by atoms with van der Waals surface area (Å²) in [6.07, 6.45) is 2.98. The van der Waals surface area contributed by atoms with E-state index in [2.05, 4.69) is 13.8 Å². The third-order valence-corrected chi connectivity index (χ3v) is 3.08. The SMILES string of the molecule is CCC(CC)Oc1c(Cl)cccc1CC(C)N. The van der Waals surface area contributed by atoms with E-state index in [1.807, 2.05) is 25.1 Å². The fourth-order valence-corrected chi connectivity index (χ4v) is 2.05. The van der Waals surface area contributed by atoms with E-state index in [1.54, 1.807) is 0 Å². The van der Waals surface area contributed by atoms with Crippen LogP contribution in [0.3, 0.4) is 0 Å². The number of hydrogen-bond donors (Lipinski definition) is 1. The van der Waals surface area contributed by atoms with Crippen LogP contribution in [0.4, 0.5) is 0 Å². The molecule has 0 radical (unpaired) electrons. The number of ether oxygens (including phenoxy) is 1. The lowest BCUT2D eigenvalue weighted by atomic mass is 10.1. The molecule has 0 aliphatic carbocycles. The second-order valence-electron chi connectivity index (χ2n) is 4.47. The zero-order chi connectivity index (χ0) is 12.8. The monoisotopic (exact) mass is 255 g/mol. The topological polar surface area (TPSA) is 35.2 Å². The highest BCUT2D eigenvalue weighted by Gasteiger charge is 2.13. The minimum atomic E-state index is 0.109. The fraction of sp³-hybridized carbons (Fsp3) is 0.571. The Kier molecular flexibility index (Phi) is 5.79. The highest BCUT2D eigenvalue weighted by molar-refractivity contribution is 6.32. The predicted octanol–water partition coefficient (Wildman–Crippen LogP) is 3.80. The fourth-order valence-electron chi connectivity index (χ4n) is 1.82. The Morgan fingerprint density at radius 1 is 1.29 bits per heavy atom. The predicted molar refractivity (Wildman–Crippen MR) is 73.8 cm³/mol. The molecule has 0 aliphatic rings. The molecule has 17 heavy (non-hydrogen) atoms. The standard InChI is InChI=1S/C14H22ClNO/c1-4-12(5-2)17-14-11(9-10(3)16)7-6-8-13(14)15/h6-8,10,12H,4-5,9,16H2,1-3H3. The molecule has 96 valence electrons. The summed E-state index contributed by atoms with van der Waals surface area (Å²) in [5, 5.41) is 0.676. The quantitative estimate of drug-likeness (QED) is 0.839. The Balaban J connectivity index is 2.94. The maximum Gasteiger partial charge on any atom is 0.141 e. The summed E-state index contributed by atoms with van der Waals surface area (Å²) in [4.78, 5) is 0. The number of rotatable bonds is 6. The molecule has 2 nitrogen and oxygen atoms in total. The average molecular weight is 256 g/mol. The van der Waals surface area contributed by atoms with E-state index in [-0.39, 0.29) is 12.1 Å². The molecule has 0 aliphatic heterocycles. The molecule has 1 rings (SSSR count). The third-order valence-electron chi connectivity index (χ3n) is 2.79. The summed E-state index contributed by atoms with van der Waals surface area (Å²) in [6, 6.07) is 5.95. The molecule has 2 N–H and O–H groups in total. The van der Waals surface area contributed by atoms with Crippen LogP contribution in [0.25, 0.3) is 0 Å². The van der Waals surface area contributed by atoms with E-state index in [9.17, 15) is 0 Å². The number of para-hydroxylation sites is 1. The van der Waals surface area contributed by atoms with Crippen LogP contribution in [0.2, 0.25) is 5.02 Å². The Morgan fingerprint density at radius 2 is 1.94 bits per heavy atom. The van der Waals surface area contributed by atoms with Gasteiger partial charge in [0.05, 0.1) is 11.1 Å². The van der Waals surface area contributed by atoms with Crippen molar-refractivity contribution >= 4 is 11.6 Å². The van der Waals surface area contributed by atoms with Crippen molar-refractivity contribution in [3.05, 3.63) is 28.8 Å². The minimum Gasteiger partial charge on any atom is -0.489 e. The Bertz CT molecular complexity index is 348. The second-order valence-corrected chi connectivity index (χ2v) is 4.87. The lowest BCUT2D eigenvalue weighted by molar-refractivity contribution is 0.191. The van der Waals surface area contributed by atoms with E-state index in [4.69, 9.17) is 22.1 Å². The van der Waals surface area contributed by atoms with E-state index in [0.29, 0.717) is 5.02 Å². The van der Waals surface area contributed by atoms with Gasteiger partial charge in [0.1, 0.15) is 5.75 Å². The molecule has 0 saturated carbocycles.